The van der Waals surface area contributed by atoms with Gasteiger partial charge in [-0.2, -0.15) is 0 Å². The van der Waals surface area contributed by atoms with Crippen LogP contribution in [-0.2, 0) is 0 Å². The number of hydrogen-bond acceptors (Lipinski definition) is 7. The van der Waals surface area contributed by atoms with Gasteiger partial charge in [0.2, 0.25) is 4.73 Å². The van der Waals surface area contributed by atoms with Crippen LogP contribution in [-0.4, -0.2) is 39.9 Å². The van der Waals surface area contributed by atoms with Gasteiger partial charge in [-0.1, -0.05) is 59.3 Å². The molecule has 7 nitrogen and oxygen atoms in total. The molecule has 0 saturated carbocycles. The van der Waals surface area contributed by atoms with Crippen LogP contribution < -0.4 is 14.2 Å². The second-order valence-electron chi connectivity index (χ2n) is 9.26. The van der Waals surface area contributed by atoms with Crippen LogP contribution in [0, 0.1) is 0 Å². The first kappa shape index (κ1) is 29.7. The molecule has 0 aliphatic rings. The Morgan fingerprint density at radius 1 is 0.632 bits per heavy atom. The van der Waals surface area contributed by atoms with E-state index in [1.165, 1.54) is 0 Å². The highest BCUT2D eigenvalue weighted by Gasteiger charge is 2.17. The summed E-state index contributed by atoms with van der Waals surface area (Å²) in [6.07, 6.45) is 9.70. The fourth-order valence-corrected chi connectivity index (χ4v) is 4.23. The molecule has 0 bridgehead atoms. The van der Waals surface area contributed by atoms with Crippen molar-refractivity contribution in [1.29, 1.82) is 0 Å². The zero-order valence-electron chi connectivity index (χ0n) is 22.8. The van der Waals surface area contributed by atoms with E-state index in [0.29, 0.717) is 53.3 Å². The SMILES string of the molecule is CCCCCOc1ccc(-c2nc(Br)nc(-c3ccc(OCCCCC)cc3OCCCCC)n2)c(O)c1. The zero-order valence-corrected chi connectivity index (χ0v) is 24.4. The number of phenols is 1. The summed E-state index contributed by atoms with van der Waals surface area (Å²) < 4.78 is 18.3. The number of hydrogen-bond donors (Lipinski definition) is 1. The Morgan fingerprint density at radius 2 is 1.13 bits per heavy atom. The molecular weight excluding hydrogens is 546 g/mol. The molecule has 0 fully saturated rings. The molecule has 1 heterocycles. The molecule has 3 aromatic rings. The fourth-order valence-electron chi connectivity index (χ4n) is 3.90. The van der Waals surface area contributed by atoms with E-state index in [4.69, 9.17) is 19.2 Å². The van der Waals surface area contributed by atoms with Gasteiger partial charge in [-0.25, -0.2) is 15.0 Å². The van der Waals surface area contributed by atoms with Crippen LogP contribution in [0.1, 0.15) is 78.6 Å². The largest absolute Gasteiger partial charge is 0.507 e. The highest BCUT2D eigenvalue weighted by molar-refractivity contribution is 9.10. The maximum atomic E-state index is 10.7. The second-order valence-corrected chi connectivity index (χ2v) is 9.96. The summed E-state index contributed by atoms with van der Waals surface area (Å²) >= 11 is 3.42. The van der Waals surface area contributed by atoms with Gasteiger partial charge in [0.25, 0.3) is 0 Å². The number of aromatic hydroxyl groups is 1. The Bertz CT molecular complexity index is 1140. The minimum Gasteiger partial charge on any atom is -0.507 e. The lowest BCUT2D eigenvalue weighted by Crippen LogP contribution is -2.03. The van der Waals surface area contributed by atoms with E-state index in [2.05, 4.69) is 46.7 Å². The van der Waals surface area contributed by atoms with Crippen molar-refractivity contribution in [1.82, 2.24) is 15.0 Å². The van der Waals surface area contributed by atoms with Gasteiger partial charge in [0.15, 0.2) is 11.6 Å². The maximum absolute atomic E-state index is 10.7. The molecule has 0 amide bonds. The van der Waals surface area contributed by atoms with Gasteiger partial charge in [-0.3, -0.25) is 0 Å². The molecular formula is C30H40BrN3O4. The van der Waals surface area contributed by atoms with E-state index in [9.17, 15) is 5.11 Å². The number of halogens is 1. The predicted molar refractivity (Wildman–Crippen MR) is 155 cm³/mol. The highest BCUT2D eigenvalue weighted by atomic mass is 79.9. The standard InChI is InChI=1S/C30H40BrN3O4/c1-4-7-10-17-36-22-13-15-24(26(35)20-22)28-32-29(34-30(31)33-28)25-16-14-23(37-18-11-8-5-2)21-27(25)38-19-12-9-6-3/h13-16,20-21,35H,4-12,17-19H2,1-3H3. The molecule has 0 spiro atoms. The van der Waals surface area contributed by atoms with E-state index in [1.54, 1.807) is 12.1 Å². The molecule has 206 valence electrons. The molecule has 8 heteroatoms. The lowest BCUT2D eigenvalue weighted by Gasteiger charge is -2.14. The summed E-state index contributed by atoms with van der Waals surface area (Å²) in [5, 5.41) is 10.7. The van der Waals surface area contributed by atoms with Crippen molar-refractivity contribution >= 4 is 15.9 Å². The van der Waals surface area contributed by atoms with Gasteiger partial charge < -0.3 is 19.3 Å². The summed E-state index contributed by atoms with van der Waals surface area (Å²) in [6.45, 7) is 8.38. The number of unbranched alkanes of at least 4 members (excludes halogenated alkanes) is 6. The summed E-state index contributed by atoms with van der Waals surface area (Å²) in [6, 6.07) is 10.9. The van der Waals surface area contributed by atoms with Crippen molar-refractivity contribution in [3.05, 3.63) is 41.1 Å². The average Bonchev–Trinajstić information content (AvgIpc) is 2.91. The third-order valence-corrected chi connectivity index (χ3v) is 6.41. The second kappa shape index (κ2) is 16.2. The normalized spacial score (nSPS) is 10.9. The Balaban J connectivity index is 1.87. The van der Waals surface area contributed by atoms with Crippen LogP contribution in [0.4, 0.5) is 0 Å². The van der Waals surface area contributed by atoms with E-state index in [1.807, 2.05) is 24.3 Å². The molecule has 0 atom stereocenters. The van der Waals surface area contributed by atoms with Gasteiger partial charge in [0, 0.05) is 12.1 Å². The van der Waals surface area contributed by atoms with E-state index in [-0.39, 0.29) is 5.75 Å². The van der Waals surface area contributed by atoms with E-state index >= 15 is 0 Å². The van der Waals surface area contributed by atoms with Crippen LogP contribution >= 0.6 is 15.9 Å². The zero-order chi connectivity index (χ0) is 27.2. The van der Waals surface area contributed by atoms with Crippen LogP contribution in [0.25, 0.3) is 22.8 Å². The third-order valence-electron chi connectivity index (χ3n) is 6.05. The van der Waals surface area contributed by atoms with Crippen LogP contribution in [0.2, 0.25) is 0 Å². The molecule has 2 aromatic carbocycles. The number of aromatic nitrogens is 3. The number of nitrogens with zero attached hydrogens (tertiary/aromatic N) is 3. The molecule has 0 aliphatic carbocycles. The smallest absolute Gasteiger partial charge is 0.200 e. The average molecular weight is 587 g/mol. The predicted octanol–water partition coefficient (Wildman–Crippen LogP) is 8.38. The topological polar surface area (TPSA) is 86.6 Å². The van der Waals surface area contributed by atoms with Gasteiger partial charge in [0.05, 0.1) is 30.9 Å². The third kappa shape index (κ3) is 9.15. The molecule has 1 aromatic heterocycles. The number of phenolic OH excluding ortho intramolecular Hbond substituents is 1. The van der Waals surface area contributed by atoms with Crippen LogP contribution in [0.3, 0.4) is 0 Å². The van der Waals surface area contributed by atoms with Crippen LogP contribution in [0.15, 0.2) is 41.1 Å². The number of rotatable bonds is 17. The van der Waals surface area contributed by atoms with Crippen molar-refractivity contribution in [2.45, 2.75) is 78.6 Å². The molecule has 38 heavy (non-hydrogen) atoms. The highest BCUT2D eigenvalue weighted by Crippen LogP contribution is 2.35. The van der Waals surface area contributed by atoms with E-state index in [0.717, 1.165) is 69.1 Å². The quantitative estimate of drug-likeness (QED) is 0.159. The summed E-state index contributed by atoms with van der Waals surface area (Å²) in [4.78, 5) is 13.6. The van der Waals surface area contributed by atoms with Crippen molar-refractivity contribution in [3.63, 3.8) is 0 Å². The van der Waals surface area contributed by atoms with Crippen molar-refractivity contribution in [2.24, 2.45) is 0 Å². The Hall–Kier alpha value is -2.87. The molecule has 0 unspecified atom stereocenters. The fraction of sp³-hybridized carbons (Fsp3) is 0.500. The molecule has 0 aliphatic heterocycles. The minimum absolute atomic E-state index is 0.0499. The van der Waals surface area contributed by atoms with Gasteiger partial charge in [0.1, 0.15) is 23.0 Å². The Kier molecular flexibility index (Phi) is 12.6. The van der Waals surface area contributed by atoms with E-state index < -0.39 is 0 Å². The monoisotopic (exact) mass is 585 g/mol. The Morgan fingerprint density at radius 3 is 1.68 bits per heavy atom. The maximum Gasteiger partial charge on any atom is 0.200 e. The van der Waals surface area contributed by atoms with Crippen LogP contribution in [0.5, 0.6) is 23.0 Å². The lowest BCUT2D eigenvalue weighted by molar-refractivity contribution is 0.292. The van der Waals surface area contributed by atoms with Crippen molar-refractivity contribution in [2.75, 3.05) is 19.8 Å². The summed E-state index contributed by atoms with van der Waals surface area (Å²) in [5.41, 5.74) is 1.23. The first-order valence-corrected chi connectivity index (χ1v) is 14.6. The van der Waals surface area contributed by atoms with Gasteiger partial charge >= 0.3 is 0 Å². The minimum atomic E-state index is 0.0499. The summed E-state index contributed by atoms with van der Waals surface area (Å²) in [7, 11) is 0. The molecule has 0 saturated heterocycles. The van der Waals surface area contributed by atoms with Gasteiger partial charge in [-0.15, -0.1) is 0 Å². The Labute approximate surface area is 235 Å². The lowest BCUT2D eigenvalue weighted by atomic mass is 10.1. The molecule has 0 radical (unpaired) electrons. The summed E-state index contributed by atoms with van der Waals surface area (Å²) in [5.74, 6) is 2.90. The van der Waals surface area contributed by atoms with Crippen molar-refractivity contribution in [3.8, 4) is 45.8 Å². The van der Waals surface area contributed by atoms with Gasteiger partial charge in [-0.05, 0) is 59.5 Å². The number of ether oxygens (including phenoxy) is 3. The first-order chi connectivity index (χ1) is 18.5. The number of benzene rings is 2. The van der Waals surface area contributed by atoms with Crippen molar-refractivity contribution < 1.29 is 19.3 Å². The first-order valence-electron chi connectivity index (χ1n) is 13.8. The molecule has 1 N–H and O–H groups in total. The molecule has 3 rings (SSSR count).